The van der Waals surface area contributed by atoms with Crippen molar-refractivity contribution in [1.29, 1.82) is 0 Å². The second kappa shape index (κ2) is 4.53. The van der Waals surface area contributed by atoms with Crippen molar-refractivity contribution in [1.82, 2.24) is 0 Å². The molecule has 1 aromatic carbocycles. The van der Waals surface area contributed by atoms with Crippen molar-refractivity contribution in [2.75, 3.05) is 13.7 Å². The lowest BCUT2D eigenvalue weighted by Gasteiger charge is -2.01. The van der Waals surface area contributed by atoms with Crippen LogP contribution in [0, 0.1) is 0 Å². The number of carbonyl (C=O) groups is 1. The van der Waals surface area contributed by atoms with Crippen LogP contribution in [-0.4, -0.2) is 25.8 Å². The highest BCUT2D eigenvalue weighted by Gasteiger charge is 2.47. The van der Waals surface area contributed by atoms with E-state index in [4.69, 9.17) is 14.2 Å². The quantitative estimate of drug-likeness (QED) is 0.574. The summed E-state index contributed by atoms with van der Waals surface area (Å²) in [6.45, 7) is 2.16. The topological polar surface area (TPSA) is 48.1 Å². The maximum Gasteiger partial charge on any atom is 0.338 e. The summed E-state index contributed by atoms with van der Waals surface area (Å²) in [5.41, 5.74) is 0.942. The first-order valence-electron chi connectivity index (χ1n) is 5.22. The Morgan fingerprint density at radius 1 is 1.50 bits per heavy atom. The molecule has 2 rings (SSSR count). The minimum Gasteiger partial charge on any atom is -0.497 e. The molecular formula is C12H14O4. The van der Waals surface area contributed by atoms with Crippen LogP contribution < -0.4 is 4.74 Å². The third kappa shape index (κ3) is 2.17. The van der Waals surface area contributed by atoms with Crippen LogP contribution >= 0.6 is 0 Å². The first-order valence-corrected chi connectivity index (χ1v) is 5.22. The largest absolute Gasteiger partial charge is 0.497 e. The van der Waals surface area contributed by atoms with E-state index in [-0.39, 0.29) is 12.1 Å². The van der Waals surface area contributed by atoms with E-state index in [2.05, 4.69) is 0 Å². The van der Waals surface area contributed by atoms with Gasteiger partial charge < -0.3 is 14.2 Å². The molecule has 0 N–H and O–H groups in total. The van der Waals surface area contributed by atoms with Crippen LogP contribution in [0.1, 0.15) is 18.6 Å². The van der Waals surface area contributed by atoms with Gasteiger partial charge in [-0.15, -0.1) is 0 Å². The van der Waals surface area contributed by atoms with Crippen LogP contribution in [0.2, 0.25) is 0 Å². The molecular weight excluding hydrogens is 208 g/mol. The first kappa shape index (κ1) is 11.0. The average Bonchev–Trinajstić information content (AvgIpc) is 3.09. The zero-order chi connectivity index (χ0) is 11.5. The Hall–Kier alpha value is -1.55. The van der Waals surface area contributed by atoms with E-state index in [1.165, 1.54) is 0 Å². The molecule has 0 saturated carbocycles. The summed E-state index contributed by atoms with van der Waals surface area (Å²) in [5.74, 6) is 0.464. The number of esters is 1. The molecule has 1 fully saturated rings. The third-order valence-electron chi connectivity index (χ3n) is 2.43. The van der Waals surface area contributed by atoms with Crippen LogP contribution in [0.15, 0.2) is 24.3 Å². The molecule has 0 aliphatic carbocycles. The fraction of sp³-hybridized carbons (Fsp3) is 0.417. The first-order chi connectivity index (χ1) is 7.76. The van der Waals surface area contributed by atoms with Gasteiger partial charge in [-0.2, -0.15) is 0 Å². The number of methoxy groups -OCH3 is 1. The predicted molar refractivity (Wildman–Crippen MR) is 57.2 cm³/mol. The average molecular weight is 222 g/mol. The van der Waals surface area contributed by atoms with Crippen LogP contribution in [0.25, 0.3) is 0 Å². The van der Waals surface area contributed by atoms with E-state index in [1.807, 2.05) is 24.3 Å². The molecule has 86 valence electrons. The monoisotopic (exact) mass is 222 g/mol. The molecule has 0 bridgehead atoms. The molecule has 0 amide bonds. The van der Waals surface area contributed by atoms with E-state index >= 15 is 0 Å². The zero-order valence-corrected chi connectivity index (χ0v) is 9.30. The molecule has 0 aromatic heterocycles. The minimum absolute atomic E-state index is 0.186. The number of carbonyl (C=O) groups excluding carboxylic acids is 1. The van der Waals surface area contributed by atoms with Crippen molar-refractivity contribution in [3.63, 3.8) is 0 Å². The molecule has 1 aliphatic heterocycles. The molecule has 2 unspecified atom stereocenters. The fourth-order valence-corrected chi connectivity index (χ4v) is 1.59. The van der Waals surface area contributed by atoms with Crippen molar-refractivity contribution >= 4 is 5.97 Å². The number of hydrogen-bond acceptors (Lipinski definition) is 4. The molecule has 1 saturated heterocycles. The molecule has 4 nitrogen and oxygen atoms in total. The Kier molecular flexibility index (Phi) is 3.10. The van der Waals surface area contributed by atoms with Crippen LogP contribution in [0.4, 0.5) is 0 Å². The SMILES string of the molecule is CCOC(=O)C1OC1c1cccc(OC)c1. The van der Waals surface area contributed by atoms with Gasteiger partial charge >= 0.3 is 5.97 Å². The van der Waals surface area contributed by atoms with Gasteiger partial charge in [0.25, 0.3) is 0 Å². The molecule has 2 atom stereocenters. The van der Waals surface area contributed by atoms with Gasteiger partial charge in [0, 0.05) is 0 Å². The number of rotatable bonds is 4. The van der Waals surface area contributed by atoms with Gasteiger partial charge in [-0.05, 0) is 24.6 Å². The lowest BCUT2D eigenvalue weighted by molar-refractivity contribution is -0.144. The van der Waals surface area contributed by atoms with E-state index in [0.29, 0.717) is 6.61 Å². The number of epoxide rings is 1. The maximum atomic E-state index is 11.4. The van der Waals surface area contributed by atoms with Crippen molar-refractivity contribution in [2.24, 2.45) is 0 Å². The van der Waals surface area contributed by atoms with Gasteiger partial charge in [-0.1, -0.05) is 12.1 Å². The Morgan fingerprint density at radius 3 is 3.00 bits per heavy atom. The van der Waals surface area contributed by atoms with Crippen molar-refractivity contribution in [3.8, 4) is 5.75 Å². The van der Waals surface area contributed by atoms with Crippen LogP contribution in [-0.2, 0) is 14.3 Å². The van der Waals surface area contributed by atoms with Crippen molar-refractivity contribution in [3.05, 3.63) is 29.8 Å². The summed E-state index contributed by atoms with van der Waals surface area (Å²) < 4.78 is 15.3. The van der Waals surface area contributed by atoms with E-state index in [1.54, 1.807) is 14.0 Å². The second-order valence-corrected chi connectivity index (χ2v) is 3.51. The van der Waals surface area contributed by atoms with Crippen molar-refractivity contribution < 1.29 is 19.0 Å². The Morgan fingerprint density at radius 2 is 2.31 bits per heavy atom. The second-order valence-electron chi connectivity index (χ2n) is 3.51. The number of benzene rings is 1. The summed E-state index contributed by atoms with van der Waals surface area (Å²) in [7, 11) is 1.61. The standard InChI is InChI=1S/C12H14O4/c1-3-15-12(13)11-10(16-11)8-5-4-6-9(7-8)14-2/h4-7,10-11H,3H2,1-2H3. The minimum atomic E-state index is -0.452. The smallest absolute Gasteiger partial charge is 0.338 e. The van der Waals surface area contributed by atoms with Crippen LogP contribution in [0.3, 0.4) is 0 Å². The van der Waals surface area contributed by atoms with Gasteiger partial charge in [-0.3, -0.25) is 0 Å². The van der Waals surface area contributed by atoms with Gasteiger partial charge in [-0.25, -0.2) is 4.79 Å². The van der Waals surface area contributed by atoms with E-state index < -0.39 is 6.10 Å². The van der Waals surface area contributed by atoms with Gasteiger partial charge in [0.2, 0.25) is 0 Å². The van der Waals surface area contributed by atoms with Gasteiger partial charge in [0.15, 0.2) is 6.10 Å². The number of hydrogen-bond donors (Lipinski definition) is 0. The Labute approximate surface area is 94.1 Å². The molecule has 0 spiro atoms. The lowest BCUT2D eigenvalue weighted by Crippen LogP contribution is -2.11. The van der Waals surface area contributed by atoms with Crippen molar-refractivity contribution in [2.45, 2.75) is 19.1 Å². The normalized spacial score (nSPS) is 22.6. The molecule has 4 heteroatoms. The molecule has 1 aliphatic rings. The summed E-state index contributed by atoms with van der Waals surface area (Å²) in [6, 6.07) is 7.50. The molecule has 16 heavy (non-hydrogen) atoms. The Bertz CT molecular complexity index is 388. The predicted octanol–water partition coefficient (Wildman–Crippen LogP) is 1.70. The van der Waals surface area contributed by atoms with E-state index in [0.717, 1.165) is 11.3 Å². The summed E-state index contributed by atoms with van der Waals surface area (Å²) in [4.78, 5) is 11.4. The third-order valence-corrected chi connectivity index (χ3v) is 2.43. The van der Waals surface area contributed by atoms with E-state index in [9.17, 15) is 4.79 Å². The van der Waals surface area contributed by atoms with Crippen LogP contribution in [0.5, 0.6) is 5.75 Å². The highest BCUT2D eigenvalue weighted by atomic mass is 16.6. The number of ether oxygens (including phenoxy) is 3. The Balaban J connectivity index is 2.02. The maximum absolute atomic E-state index is 11.4. The lowest BCUT2D eigenvalue weighted by atomic mass is 10.1. The highest BCUT2D eigenvalue weighted by Crippen LogP contribution is 2.40. The fourth-order valence-electron chi connectivity index (χ4n) is 1.59. The van der Waals surface area contributed by atoms with Gasteiger partial charge in [0.1, 0.15) is 11.9 Å². The highest BCUT2D eigenvalue weighted by molar-refractivity contribution is 5.78. The summed E-state index contributed by atoms with van der Waals surface area (Å²) >= 11 is 0. The van der Waals surface area contributed by atoms with Gasteiger partial charge in [0.05, 0.1) is 13.7 Å². The molecule has 1 aromatic rings. The zero-order valence-electron chi connectivity index (χ0n) is 9.30. The molecule has 0 radical (unpaired) electrons. The summed E-state index contributed by atoms with van der Waals surface area (Å²) in [5, 5.41) is 0. The summed E-state index contributed by atoms with van der Waals surface area (Å²) in [6.07, 6.45) is -0.638. The molecule has 1 heterocycles.